The zero-order valence-corrected chi connectivity index (χ0v) is 16.9. The van der Waals surface area contributed by atoms with Gasteiger partial charge in [0.25, 0.3) is 0 Å². The number of hydrogen-bond acceptors (Lipinski definition) is 5. The lowest BCUT2D eigenvalue weighted by atomic mass is 10.0. The first-order valence-corrected chi connectivity index (χ1v) is 10.1. The fraction of sp³-hybridized carbons (Fsp3) is 0.455. The molecular weight excluding hydrogens is 368 g/mol. The molecule has 1 aromatic heterocycles. The number of aryl methyl sites for hydroxylation is 2. The maximum Gasteiger partial charge on any atom is 0.233 e. The zero-order chi connectivity index (χ0) is 20.4. The number of carbonyl (C=O) groups excluding carboxylic acids is 2. The van der Waals surface area contributed by atoms with E-state index in [2.05, 4.69) is 17.1 Å². The SMILES string of the molecule is Cc1ccc(N2CC(C(=O)N3CCC(Oc4cccnn4)CC3)CC2=O)cc1C. The van der Waals surface area contributed by atoms with Crippen LogP contribution in [-0.4, -0.2) is 52.6 Å². The molecule has 4 rings (SSSR count). The van der Waals surface area contributed by atoms with Gasteiger partial charge in [-0.05, 0) is 43.2 Å². The van der Waals surface area contributed by atoms with Gasteiger partial charge in [0.15, 0.2) is 0 Å². The number of rotatable bonds is 4. The summed E-state index contributed by atoms with van der Waals surface area (Å²) >= 11 is 0. The Morgan fingerprint density at radius 3 is 2.62 bits per heavy atom. The summed E-state index contributed by atoms with van der Waals surface area (Å²) in [5.74, 6) is 0.333. The molecular formula is C22H26N4O3. The Morgan fingerprint density at radius 1 is 1.14 bits per heavy atom. The summed E-state index contributed by atoms with van der Waals surface area (Å²) in [5.41, 5.74) is 3.22. The highest BCUT2D eigenvalue weighted by Crippen LogP contribution is 2.29. The Hall–Kier alpha value is -2.96. The summed E-state index contributed by atoms with van der Waals surface area (Å²) < 4.78 is 5.85. The number of benzene rings is 1. The van der Waals surface area contributed by atoms with Crippen molar-refractivity contribution in [3.05, 3.63) is 47.7 Å². The molecule has 152 valence electrons. The lowest BCUT2D eigenvalue weighted by molar-refractivity contribution is -0.137. The third-order valence-corrected chi connectivity index (χ3v) is 5.87. The molecule has 7 nitrogen and oxygen atoms in total. The number of carbonyl (C=O) groups is 2. The monoisotopic (exact) mass is 394 g/mol. The molecule has 1 aromatic carbocycles. The van der Waals surface area contributed by atoms with Crippen LogP contribution in [0, 0.1) is 19.8 Å². The van der Waals surface area contributed by atoms with E-state index in [1.807, 2.05) is 30.0 Å². The normalized spacial score (nSPS) is 20.2. The average molecular weight is 394 g/mol. The lowest BCUT2D eigenvalue weighted by Crippen LogP contribution is -2.45. The van der Waals surface area contributed by atoms with Crippen molar-refractivity contribution >= 4 is 17.5 Å². The van der Waals surface area contributed by atoms with Crippen LogP contribution in [0.2, 0.25) is 0 Å². The van der Waals surface area contributed by atoms with Gasteiger partial charge in [0.1, 0.15) is 6.10 Å². The maximum atomic E-state index is 13.0. The van der Waals surface area contributed by atoms with Gasteiger partial charge in [0, 0.05) is 56.8 Å². The summed E-state index contributed by atoms with van der Waals surface area (Å²) in [7, 11) is 0. The fourth-order valence-electron chi connectivity index (χ4n) is 3.99. The first-order chi connectivity index (χ1) is 14.0. The molecule has 2 amide bonds. The third kappa shape index (κ3) is 4.23. The lowest BCUT2D eigenvalue weighted by Gasteiger charge is -2.33. The first-order valence-electron chi connectivity index (χ1n) is 10.1. The van der Waals surface area contributed by atoms with Gasteiger partial charge in [-0.15, -0.1) is 5.10 Å². The Bertz CT molecular complexity index is 894. The highest BCUT2D eigenvalue weighted by molar-refractivity contribution is 6.00. The van der Waals surface area contributed by atoms with Crippen molar-refractivity contribution in [2.75, 3.05) is 24.5 Å². The van der Waals surface area contributed by atoms with E-state index in [1.54, 1.807) is 23.2 Å². The molecule has 2 aromatic rings. The minimum Gasteiger partial charge on any atom is -0.473 e. The van der Waals surface area contributed by atoms with Gasteiger partial charge in [-0.25, -0.2) is 0 Å². The number of hydrogen-bond donors (Lipinski definition) is 0. The molecule has 7 heteroatoms. The minimum absolute atomic E-state index is 0.0208. The second-order valence-corrected chi connectivity index (χ2v) is 7.88. The van der Waals surface area contributed by atoms with Crippen molar-refractivity contribution < 1.29 is 14.3 Å². The summed E-state index contributed by atoms with van der Waals surface area (Å²) in [6, 6.07) is 9.59. The molecule has 0 bridgehead atoms. The molecule has 0 spiro atoms. The molecule has 0 radical (unpaired) electrons. The fourth-order valence-corrected chi connectivity index (χ4v) is 3.99. The van der Waals surface area contributed by atoms with Gasteiger partial charge in [0.05, 0.1) is 5.92 Å². The molecule has 1 unspecified atom stereocenters. The molecule has 0 saturated carbocycles. The predicted octanol–water partition coefficient (Wildman–Crippen LogP) is 2.52. The Balaban J connectivity index is 1.33. The van der Waals surface area contributed by atoms with Gasteiger partial charge in [0.2, 0.25) is 17.7 Å². The van der Waals surface area contributed by atoms with Crippen LogP contribution in [0.4, 0.5) is 5.69 Å². The van der Waals surface area contributed by atoms with E-state index in [9.17, 15) is 9.59 Å². The van der Waals surface area contributed by atoms with Crippen LogP contribution in [0.15, 0.2) is 36.5 Å². The van der Waals surface area contributed by atoms with Gasteiger partial charge < -0.3 is 14.5 Å². The summed E-state index contributed by atoms with van der Waals surface area (Å²) in [6.07, 6.45) is 3.43. The van der Waals surface area contributed by atoms with E-state index in [4.69, 9.17) is 4.74 Å². The van der Waals surface area contributed by atoms with E-state index < -0.39 is 0 Å². The molecule has 2 aliphatic heterocycles. The van der Waals surface area contributed by atoms with Gasteiger partial charge in [-0.2, -0.15) is 5.10 Å². The highest BCUT2D eigenvalue weighted by Gasteiger charge is 2.38. The van der Waals surface area contributed by atoms with Crippen molar-refractivity contribution in [3.8, 4) is 5.88 Å². The first kappa shape index (κ1) is 19.4. The zero-order valence-electron chi connectivity index (χ0n) is 16.9. The molecule has 3 heterocycles. The van der Waals surface area contributed by atoms with Crippen LogP contribution in [0.3, 0.4) is 0 Å². The Kier molecular flexibility index (Phi) is 5.47. The van der Waals surface area contributed by atoms with Gasteiger partial charge >= 0.3 is 0 Å². The topological polar surface area (TPSA) is 75.6 Å². The van der Waals surface area contributed by atoms with Crippen LogP contribution in [-0.2, 0) is 9.59 Å². The third-order valence-electron chi connectivity index (χ3n) is 5.87. The highest BCUT2D eigenvalue weighted by atomic mass is 16.5. The van der Waals surface area contributed by atoms with Crippen molar-refractivity contribution in [3.63, 3.8) is 0 Å². The second kappa shape index (κ2) is 8.19. The summed E-state index contributed by atoms with van der Waals surface area (Å²) in [4.78, 5) is 29.2. The molecule has 0 aliphatic carbocycles. The molecule has 2 fully saturated rings. The Labute approximate surface area is 170 Å². The van der Waals surface area contributed by atoms with Crippen LogP contribution < -0.4 is 9.64 Å². The van der Waals surface area contributed by atoms with Crippen LogP contribution in [0.5, 0.6) is 5.88 Å². The second-order valence-electron chi connectivity index (χ2n) is 7.88. The number of amides is 2. The van der Waals surface area contributed by atoms with E-state index in [0.717, 1.165) is 24.1 Å². The number of aromatic nitrogens is 2. The molecule has 2 aliphatic rings. The van der Waals surface area contributed by atoms with Crippen LogP contribution in [0.25, 0.3) is 0 Å². The van der Waals surface area contributed by atoms with Gasteiger partial charge in [-0.3, -0.25) is 9.59 Å². The molecule has 0 N–H and O–H groups in total. The Morgan fingerprint density at radius 2 is 1.93 bits per heavy atom. The van der Waals surface area contributed by atoms with Crippen molar-refractivity contribution in [1.29, 1.82) is 0 Å². The number of anilines is 1. The quantitative estimate of drug-likeness (QED) is 0.797. The largest absolute Gasteiger partial charge is 0.473 e. The maximum absolute atomic E-state index is 13.0. The van der Waals surface area contributed by atoms with Crippen molar-refractivity contribution in [2.45, 2.75) is 39.2 Å². The van der Waals surface area contributed by atoms with Gasteiger partial charge in [-0.1, -0.05) is 6.07 Å². The number of likely N-dealkylation sites (tertiary alicyclic amines) is 1. The van der Waals surface area contributed by atoms with E-state index in [0.29, 0.717) is 25.5 Å². The van der Waals surface area contributed by atoms with E-state index in [-0.39, 0.29) is 30.3 Å². The number of ether oxygens (including phenoxy) is 1. The molecule has 2 saturated heterocycles. The molecule has 29 heavy (non-hydrogen) atoms. The van der Waals surface area contributed by atoms with E-state index >= 15 is 0 Å². The molecule has 1 atom stereocenters. The van der Waals surface area contributed by atoms with Crippen molar-refractivity contribution in [1.82, 2.24) is 15.1 Å². The summed E-state index contributed by atoms with van der Waals surface area (Å²) in [6.45, 7) is 5.82. The van der Waals surface area contributed by atoms with Crippen LogP contribution in [0.1, 0.15) is 30.4 Å². The van der Waals surface area contributed by atoms with E-state index in [1.165, 1.54) is 5.56 Å². The minimum atomic E-state index is -0.276. The standard InChI is InChI=1S/C22H26N4O3/c1-15-5-6-18(12-16(15)2)26-14-17(13-21(26)27)22(28)25-10-7-19(8-11-25)29-20-4-3-9-23-24-20/h3-6,9,12,17,19H,7-8,10-11,13-14H2,1-2H3. The van der Waals surface area contributed by atoms with Crippen molar-refractivity contribution in [2.24, 2.45) is 5.92 Å². The predicted molar refractivity (Wildman–Crippen MR) is 109 cm³/mol. The average Bonchev–Trinajstić information content (AvgIpc) is 3.12. The number of nitrogens with zero attached hydrogens (tertiary/aromatic N) is 4. The van der Waals surface area contributed by atoms with Crippen LogP contribution >= 0.6 is 0 Å². The number of piperidine rings is 1. The smallest absolute Gasteiger partial charge is 0.233 e. The summed E-state index contributed by atoms with van der Waals surface area (Å²) in [5, 5.41) is 7.77.